The smallest absolute Gasteiger partial charge is 0.148 e. The molecule has 0 radical (unpaired) electrons. The van der Waals surface area contributed by atoms with Gasteiger partial charge in [0.05, 0.1) is 22.2 Å². The van der Waals surface area contributed by atoms with Gasteiger partial charge in [0.15, 0.2) is 0 Å². The minimum Gasteiger partial charge on any atom is -0.494 e. The number of halogens is 4. The molecule has 0 bridgehead atoms. The van der Waals surface area contributed by atoms with Gasteiger partial charge in [0.2, 0.25) is 0 Å². The number of pyridine rings is 1. The maximum atomic E-state index is 6.01. The first kappa shape index (κ1) is 13.8. The lowest BCUT2D eigenvalue weighted by molar-refractivity contribution is 0.416. The van der Waals surface area contributed by atoms with Crippen molar-refractivity contribution in [3.8, 4) is 16.9 Å². The molecular formula is C12H7Cl4NO. The first-order valence-corrected chi connectivity index (χ1v) is 6.38. The Morgan fingerprint density at radius 2 is 1.56 bits per heavy atom. The van der Waals surface area contributed by atoms with E-state index in [1.54, 1.807) is 18.3 Å². The quantitative estimate of drug-likeness (QED) is 0.693. The first-order chi connectivity index (χ1) is 8.54. The molecule has 2 rings (SSSR count). The van der Waals surface area contributed by atoms with E-state index < -0.39 is 0 Å². The van der Waals surface area contributed by atoms with Crippen molar-refractivity contribution in [3.05, 3.63) is 44.6 Å². The van der Waals surface area contributed by atoms with Crippen LogP contribution in [0.5, 0.6) is 5.75 Å². The Morgan fingerprint density at radius 1 is 0.944 bits per heavy atom. The second-order valence-corrected chi connectivity index (χ2v) is 5.06. The van der Waals surface area contributed by atoms with E-state index in [1.165, 1.54) is 13.3 Å². The Bertz CT molecular complexity index is 578. The van der Waals surface area contributed by atoms with Crippen LogP contribution in [0.2, 0.25) is 20.1 Å². The molecule has 0 saturated carbocycles. The Balaban J connectivity index is 2.66. The molecule has 1 aromatic carbocycles. The molecule has 94 valence electrons. The fraction of sp³-hybridized carbons (Fsp3) is 0.0833. The fourth-order valence-corrected chi connectivity index (χ4v) is 2.38. The van der Waals surface area contributed by atoms with Crippen molar-refractivity contribution in [1.29, 1.82) is 0 Å². The third kappa shape index (κ3) is 2.52. The van der Waals surface area contributed by atoms with Crippen molar-refractivity contribution < 1.29 is 4.74 Å². The topological polar surface area (TPSA) is 22.1 Å². The zero-order valence-corrected chi connectivity index (χ0v) is 12.2. The second kappa shape index (κ2) is 5.54. The minimum absolute atomic E-state index is 0.316. The van der Waals surface area contributed by atoms with Crippen LogP contribution in [-0.2, 0) is 0 Å². The normalized spacial score (nSPS) is 10.5. The molecule has 0 fully saturated rings. The number of benzene rings is 1. The van der Waals surface area contributed by atoms with E-state index in [2.05, 4.69) is 4.98 Å². The highest BCUT2D eigenvalue weighted by Gasteiger charge is 2.13. The zero-order chi connectivity index (χ0) is 13.3. The number of ether oxygens (including phenoxy) is 1. The molecule has 0 N–H and O–H groups in total. The lowest BCUT2D eigenvalue weighted by Gasteiger charge is -2.11. The molecule has 0 aliphatic carbocycles. The summed E-state index contributed by atoms with van der Waals surface area (Å²) in [7, 11) is 1.53. The lowest BCUT2D eigenvalue weighted by Crippen LogP contribution is -1.91. The SMILES string of the molecule is COc1c(Cl)cncc1-c1cc(Cl)c(Cl)c(Cl)c1. The van der Waals surface area contributed by atoms with Gasteiger partial charge in [-0.2, -0.15) is 0 Å². The molecular weight excluding hydrogens is 316 g/mol. The van der Waals surface area contributed by atoms with Gasteiger partial charge >= 0.3 is 0 Å². The number of nitrogens with zero attached hydrogens (tertiary/aromatic N) is 1. The molecule has 0 unspecified atom stereocenters. The molecule has 2 aromatic rings. The van der Waals surface area contributed by atoms with Gasteiger partial charge in [0.1, 0.15) is 10.8 Å². The van der Waals surface area contributed by atoms with E-state index in [0.29, 0.717) is 31.4 Å². The molecule has 2 nitrogen and oxygen atoms in total. The van der Waals surface area contributed by atoms with E-state index in [4.69, 9.17) is 51.1 Å². The fourth-order valence-electron chi connectivity index (χ4n) is 1.55. The van der Waals surface area contributed by atoms with Crippen molar-refractivity contribution in [2.45, 2.75) is 0 Å². The highest BCUT2D eigenvalue weighted by Crippen LogP contribution is 2.40. The van der Waals surface area contributed by atoms with Crippen LogP contribution in [0.25, 0.3) is 11.1 Å². The molecule has 0 aliphatic heterocycles. The van der Waals surface area contributed by atoms with Crippen molar-refractivity contribution in [1.82, 2.24) is 4.98 Å². The molecule has 0 aliphatic rings. The van der Waals surface area contributed by atoms with Crippen LogP contribution in [0.4, 0.5) is 0 Å². The van der Waals surface area contributed by atoms with Crippen LogP contribution >= 0.6 is 46.4 Å². The maximum Gasteiger partial charge on any atom is 0.148 e. The van der Waals surface area contributed by atoms with Crippen LogP contribution in [0.1, 0.15) is 0 Å². The van der Waals surface area contributed by atoms with Crippen LogP contribution in [0.15, 0.2) is 24.5 Å². The van der Waals surface area contributed by atoms with E-state index in [1.807, 2.05) is 0 Å². The van der Waals surface area contributed by atoms with Gasteiger partial charge in [0, 0.05) is 18.0 Å². The van der Waals surface area contributed by atoms with Gasteiger partial charge in [-0.3, -0.25) is 4.98 Å². The average Bonchev–Trinajstić information content (AvgIpc) is 2.35. The summed E-state index contributed by atoms with van der Waals surface area (Å²) in [6.45, 7) is 0. The number of methoxy groups -OCH3 is 1. The predicted octanol–water partition coefficient (Wildman–Crippen LogP) is 5.37. The summed E-state index contributed by atoms with van der Waals surface area (Å²) in [6.07, 6.45) is 3.13. The second-order valence-electron chi connectivity index (χ2n) is 3.46. The molecule has 0 amide bonds. The van der Waals surface area contributed by atoms with Gasteiger partial charge in [-0.15, -0.1) is 0 Å². The van der Waals surface area contributed by atoms with Gasteiger partial charge in [-0.1, -0.05) is 46.4 Å². The molecule has 1 heterocycles. The third-order valence-electron chi connectivity index (χ3n) is 2.35. The third-order valence-corrected chi connectivity index (χ3v) is 3.82. The highest BCUT2D eigenvalue weighted by atomic mass is 35.5. The summed E-state index contributed by atoms with van der Waals surface area (Å²) in [5.41, 5.74) is 1.44. The van der Waals surface area contributed by atoms with Crippen molar-refractivity contribution >= 4 is 46.4 Å². The summed E-state index contributed by atoms with van der Waals surface area (Å²) in [4.78, 5) is 4.02. The van der Waals surface area contributed by atoms with Gasteiger partial charge < -0.3 is 4.74 Å². The predicted molar refractivity (Wildman–Crippen MR) is 76.3 cm³/mol. The Kier molecular flexibility index (Phi) is 4.23. The minimum atomic E-state index is 0.316. The van der Waals surface area contributed by atoms with Crippen LogP contribution < -0.4 is 4.74 Å². The van der Waals surface area contributed by atoms with Crippen LogP contribution in [0.3, 0.4) is 0 Å². The van der Waals surface area contributed by atoms with Gasteiger partial charge in [-0.05, 0) is 17.7 Å². The maximum absolute atomic E-state index is 6.01. The summed E-state index contributed by atoms with van der Waals surface area (Å²) in [5, 5.41) is 1.45. The Labute approximate surface area is 124 Å². The highest BCUT2D eigenvalue weighted by molar-refractivity contribution is 6.48. The summed E-state index contributed by atoms with van der Waals surface area (Å²) in [5.74, 6) is 0.515. The zero-order valence-electron chi connectivity index (χ0n) is 9.18. The van der Waals surface area contributed by atoms with Crippen molar-refractivity contribution in [2.75, 3.05) is 7.11 Å². The van der Waals surface area contributed by atoms with Gasteiger partial charge in [-0.25, -0.2) is 0 Å². The number of hydrogen-bond donors (Lipinski definition) is 0. The molecule has 1 aromatic heterocycles. The van der Waals surface area contributed by atoms with E-state index in [0.717, 1.165) is 5.56 Å². The summed E-state index contributed by atoms with van der Waals surface area (Å²) in [6, 6.07) is 3.37. The molecule has 0 spiro atoms. The number of rotatable bonds is 2. The Hall–Kier alpha value is -0.670. The largest absolute Gasteiger partial charge is 0.494 e. The van der Waals surface area contributed by atoms with Crippen LogP contribution in [-0.4, -0.2) is 12.1 Å². The number of aromatic nitrogens is 1. The summed E-state index contributed by atoms with van der Waals surface area (Å²) < 4.78 is 5.25. The monoisotopic (exact) mass is 321 g/mol. The van der Waals surface area contributed by atoms with E-state index >= 15 is 0 Å². The van der Waals surface area contributed by atoms with E-state index in [9.17, 15) is 0 Å². The number of hydrogen-bond acceptors (Lipinski definition) is 2. The lowest BCUT2D eigenvalue weighted by atomic mass is 10.1. The molecule has 18 heavy (non-hydrogen) atoms. The van der Waals surface area contributed by atoms with Crippen LogP contribution in [0, 0.1) is 0 Å². The molecule has 0 saturated heterocycles. The summed E-state index contributed by atoms with van der Waals surface area (Å²) >= 11 is 23.9. The standard InChI is InChI=1S/C12H7Cl4NO/c1-18-12-7(4-17-5-10(12)15)6-2-8(13)11(16)9(14)3-6/h2-5H,1H3. The van der Waals surface area contributed by atoms with Crippen molar-refractivity contribution in [2.24, 2.45) is 0 Å². The molecule has 0 atom stereocenters. The van der Waals surface area contributed by atoms with E-state index in [-0.39, 0.29) is 0 Å². The molecule has 6 heteroatoms. The first-order valence-electron chi connectivity index (χ1n) is 4.87. The Morgan fingerprint density at radius 3 is 2.11 bits per heavy atom. The average molecular weight is 323 g/mol. The van der Waals surface area contributed by atoms with Gasteiger partial charge in [0.25, 0.3) is 0 Å². The van der Waals surface area contributed by atoms with Crippen molar-refractivity contribution in [3.63, 3.8) is 0 Å².